The molecule has 1 aliphatic heterocycles. The average molecular weight is 1020 g/mol. The third-order valence-corrected chi connectivity index (χ3v) is 12.2. The molecule has 19 heteroatoms. The first-order chi connectivity index (χ1) is 32.6. The monoisotopic (exact) mass is 1020 g/mol. The predicted molar refractivity (Wildman–Crippen MR) is 263 cm³/mol. The van der Waals surface area contributed by atoms with Crippen molar-refractivity contribution in [1.29, 1.82) is 0 Å². The van der Waals surface area contributed by atoms with Crippen molar-refractivity contribution in [1.82, 2.24) is 0 Å². The van der Waals surface area contributed by atoms with Crippen molar-refractivity contribution in [3.05, 3.63) is 0 Å². The van der Waals surface area contributed by atoms with Crippen LogP contribution in [-0.2, 0) is 81.0 Å². The van der Waals surface area contributed by atoms with Gasteiger partial charge in [-0.2, -0.15) is 0 Å². The number of ether oxygens (including phenoxy) is 9. The molecule has 0 aromatic heterocycles. The Morgan fingerprint density at radius 1 is 0.521 bits per heavy atom. The number of carbonyl (C=O) groups is 8. The highest BCUT2D eigenvalue weighted by Gasteiger charge is 2.50. The Balaban J connectivity index is 0. The van der Waals surface area contributed by atoms with Crippen LogP contribution < -0.4 is 0 Å². The van der Waals surface area contributed by atoms with Gasteiger partial charge in [-0.05, 0) is 141 Å². The van der Waals surface area contributed by atoms with Crippen molar-refractivity contribution in [2.45, 2.75) is 187 Å². The van der Waals surface area contributed by atoms with E-state index in [2.05, 4.69) is 0 Å². The zero-order valence-electron chi connectivity index (χ0n) is 46.3. The van der Waals surface area contributed by atoms with Gasteiger partial charge in [0.25, 0.3) is 0 Å². The summed E-state index contributed by atoms with van der Waals surface area (Å²) in [5, 5.41) is 18.1. The van der Waals surface area contributed by atoms with E-state index in [4.69, 9.17) is 47.7 Å². The second-order valence-electron chi connectivity index (χ2n) is 21.7. The molecule has 0 amide bonds. The lowest BCUT2D eigenvalue weighted by molar-refractivity contribution is -0.174. The van der Waals surface area contributed by atoms with Crippen LogP contribution in [0.4, 0.5) is 0 Å². The SMILES string of the molecule is CCC(C)(C)C(=O)OCC1CCCO1.CCC(C)(CC(C)(CC(C)(C)C(=O)O)C(=O)OCCOC)C(=O)OC(C)(C)C.CCOCCOC(=O)C(C)(CC)CC(C)(C)C(=O)OCCOC(=O)CCC(=O)O. The third-order valence-electron chi connectivity index (χ3n) is 12.2. The fourth-order valence-corrected chi connectivity index (χ4v) is 7.21. The van der Waals surface area contributed by atoms with Crippen LogP contribution in [0.25, 0.3) is 0 Å². The first kappa shape index (κ1) is 68.7. The van der Waals surface area contributed by atoms with Crippen molar-refractivity contribution in [2.24, 2.45) is 32.5 Å². The molecule has 0 aliphatic carbocycles. The highest BCUT2D eigenvalue weighted by molar-refractivity contribution is 5.83. The first-order valence-electron chi connectivity index (χ1n) is 24.8. The van der Waals surface area contributed by atoms with Gasteiger partial charge in [0.1, 0.15) is 38.6 Å². The van der Waals surface area contributed by atoms with E-state index in [-0.39, 0.29) is 82.6 Å². The first-order valence-corrected chi connectivity index (χ1v) is 24.8. The van der Waals surface area contributed by atoms with E-state index >= 15 is 0 Å². The topological polar surface area (TPSA) is 260 Å². The van der Waals surface area contributed by atoms with E-state index < -0.39 is 74.5 Å². The molecule has 4 atom stereocenters. The molecule has 0 radical (unpaired) electrons. The molecule has 71 heavy (non-hydrogen) atoms. The molecule has 0 bridgehead atoms. The normalized spacial score (nSPS) is 16.4. The molecular weight excluding hydrogens is 929 g/mol. The standard InChI is InChI=1S/C21H38O7.C20H34O9.C11H20O3/c1-10-20(7,17(25)28-18(2,3)4)14-21(8,13-19(5,6)15(22)23)16(24)27-12-11-26-9;1-6-20(5,18(25)29-11-10-26-7-2)14-19(3,4)17(24)28-13-12-27-16(23)9-8-15(21)22;1-4-11(2,3)10(12)14-8-9-6-5-7-13-9/h10-14H2,1-9H3,(H,22,23);6-14H2,1-5H3,(H,21,22);9H,4-8H2,1-3H3. The molecule has 0 spiro atoms. The molecule has 414 valence electrons. The molecule has 1 aliphatic rings. The molecule has 4 unspecified atom stereocenters. The highest BCUT2D eigenvalue weighted by Crippen LogP contribution is 2.46. The minimum absolute atomic E-state index is 0.0273. The lowest BCUT2D eigenvalue weighted by Crippen LogP contribution is -2.45. The summed E-state index contributed by atoms with van der Waals surface area (Å²) in [5.41, 5.74) is -6.16. The number of rotatable bonds is 30. The molecule has 1 saturated heterocycles. The number of carboxylic acids is 2. The Hall–Kier alpha value is -4.36. The van der Waals surface area contributed by atoms with Gasteiger partial charge in [0.05, 0.1) is 64.6 Å². The Morgan fingerprint density at radius 3 is 1.46 bits per heavy atom. The van der Waals surface area contributed by atoms with Gasteiger partial charge in [-0.1, -0.05) is 20.8 Å². The van der Waals surface area contributed by atoms with Crippen molar-refractivity contribution < 1.29 is 91.2 Å². The molecular formula is C52H92O19. The van der Waals surface area contributed by atoms with Crippen molar-refractivity contribution >= 4 is 47.8 Å². The largest absolute Gasteiger partial charge is 0.481 e. The molecule has 19 nitrogen and oxygen atoms in total. The molecule has 2 N–H and O–H groups in total. The van der Waals surface area contributed by atoms with Gasteiger partial charge in [-0.25, -0.2) is 0 Å². The van der Waals surface area contributed by atoms with E-state index in [9.17, 15) is 43.5 Å². The average Bonchev–Trinajstić information content (AvgIpc) is 3.80. The van der Waals surface area contributed by atoms with Gasteiger partial charge in [0.15, 0.2) is 0 Å². The second-order valence-corrected chi connectivity index (χ2v) is 21.7. The van der Waals surface area contributed by atoms with Crippen molar-refractivity contribution in [3.8, 4) is 0 Å². The summed E-state index contributed by atoms with van der Waals surface area (Å²) >= 11 is 0. The molecule has 1 rings (SSSR count). The van der Waals surface area contributed by atoms with Gasteiger partial charge in [-0.3, -0.25) is 38.4 Å². The van der Waals surface area contributed by atoms with Crippen LogP contribution in [0, 0.1) is 32.5 Å². The summed E-state index contributed by atoms with van der Waals surface area (Å²) in [4.78, 5) is 95.7. The van der Waals surface area contributed by atoms with E-state index in [1.54, 1.807) is 69.2 Å². The maximum Gasteiger partial charge on any atom is 0.312 e. The summed E-state index contributed by atoms with van der Waals surface area (Å²) < 4.78 is 46.8. The minimum Gasteiger partial charge on any atom is -0.481 e. The van der Waals surface area contributed by atoms with Gasteiger partial charge in [0, 0.05) is 20.3 Å². The summed E-state index contributed by atoms with van der Waals surface area (Å²) in [7, 11) is 1.50. The lowest BCUT2D eigenvalue weighted by Gasteiger charge is -2.40. The number of hydrogen-bond acceptors (Lipinski definition) is 17. The quantitative estimate of drug-likeness (QED) is 0.0389. The van der Waals surface area contributed by atoms with Crippen LogP contribution in [0.3, 0.4) is 0 Å². The third kappa shape index (κ3) is 27.3. The van der Waals surface area contributed by atoms with Gasteiger partial charge in [-0.15, -0.1) is 0 Å². The number of hydrogen-bond donors (Lipinski definition) is 2. The number of carboxylic acid groups (broad SMARTS) is 2. The fourth-order valence-electron chi connectivity index (χ4n) is 7.21. The molecule has 1 fully saturated rings. The number of methoxy groups -OCH3 is 1. The number of carbonyl (C=O) groups excluding carboxylic acids is 6. The van der Waals surface area contributed by atoms with Crippen LogP contribution in [0.15, 0.2) is 0 Å². The van der Waals surface area contributed by atoms with E-state index in [1.807, 2.05) is 41.5 Å². The zero-order chi connectivity index (χ0) is 55.5. The van der Waals surface area contributed by atoms with Gasteiger partial charge < -0.3 is 52.8 Å². The van der Waals surface area contributed by atoms with Crippen LogP contribution in [0.2, 0.25) is 0 Å². The van der Waals surface area contributed by atoms with E-state index in [0.717, 1.165) is 25.9 Å². The smallest absolute Gasteiger partial charge is 0.312 e. The molecule has 1 heterocycles. The van der Waals surface area contributed by atoms with Gasteiger partial charge in [0.2, 0.25) is 0 Å². The van der Waals surface area contributed by atoms with Gasteiger partial charge >= 0.3 is 47.8 Å². The summed E-state index contributed by atoms with van der Waals surface area (Å²) in [6, 6.07) is 0. The number of esters is 6. The van der Waals surface area contributed by atoms with Crippen LogP contribution in [0.5, 0.6) is 0 Å². The second kappa shape index (κ2) is 32.0. The van der Waals surface area contributed by atoms with Crippen LogP contribution in [-0.4, -0.2) is 136 Å². The molecule has 0 aromatic rings. The summed E-state index contributed by atoms with van der Waals surface area (Å²) in [6.45, 7) is 30.6. The van der Waals surface area contributed by atoms with Crippen LogP contribution in [0.1, 0.15) is 175 Å². The Bertz CT molecular complexity index is 1670. The fraction of sp³-hybridized carbons (Fsp3) is 0.846. The Morgan fingerprint density at radius 2 is 1.00 bits per heavy atom. The minimum atomic E-state index is -1.18. The lowest BCUT2D eigenvalue weighted by atomic mass is 9.65. The predicted octanol–water partition coefficient (Wildman–Crippen LogP) is 8.33. The Labute approximate surface area is 423 Å². The van der Waals surface area contributed by atoms with Crippen molar-refractivity contribution in [3.63, 3.8) is 0 Å². The van der Waals surface area contributed by atoms with E-state index in [1.165, 1.54) is 7.11 Å². The maximum absolute atomic E-state index is 12.9. The Kier molecular flexibility index (Phi) is 30.9. The van der Waals surface area contributed by atoms with Crippen LogP contribution >= 0.6 is 0 Å². The number of aliphatic carboxylic acids is 2. The van der Waals surface area contributed by atoms with Crippen molar-refractivity contribution in [2.75, 3.05) is 66.6 Å². The summed E-state index contributed by atoms with van der Waals surface area (Å²) in [6.07, 6.45) is 3.77. The maximum atomic E-state index is 12.9. The molecule has 0 aromatic carbocycles. The molecule has 0 saturated carbocycles. The summed E-state index contributed by atoms with van der Waals surface area (Å²) in [5.74, 6) is -4.77. The highest BCUT2D eigenvalue weighted by atomic mass is 16.6. The van der Waals surface area contributed by atoms with E-state index in [0.29, 0.717) is 32.7 Å². The zero-order valence-corrected chi connectivity index (χ0v) is 46.3.